The van der Waals surface area contributed by atoms with E-state index in [1.54, 1.807) is 0 Å². The van der Waals surface area contributed by atoms with E-state index in [0.29, 0.717) is 11.1 Å². The van der Waals surface area contributed by atoms with Gasteiger partial charge in [0.15, 0.2) is 0 Å². The Morgan fingerprint density at radius 2 is 2.00 bits per heavy atom. The van der Waals surface area contributed by atoms with Crippen molar-refractivity contribution in [3.8, 4) is 5.75 Å². The van der Waals surface area contributed by atoms with Crippen molar-refractivity contribution in [1.82, 2.24) is 4.90 Å². The summed E-state index contributed by atoms with van der Waals surface area (Å²) in [7, 11) is 0. The molecule has 2 aromatic rings. The van der Waals surface area contributed by atoms with Crippen LogP contribution in [0.4, 0.5) is 0 Å². The van der Waals surface area contributed by atoms with Crippen LogP contribution < -0.4 is 10.5 Å². The van der Waals surface area contributed by atoms with E-state index in [4.69, 9.17) is 22.1 Å². The molecule has 1 aliphatic heterocycles. The third kappa shape index (κ3) is 3.62. The highest BCUT2D eigenvalue weighted by Gasteiger charge is 2.36. The molecule has 3 nitrogen and oxygen atoms in total. The van der Waals surface area contributed by atoms with E-state index in [-0.39, 0.29) is 12.1 Å². The lowest BCUT2D eigenvalue weighted by molar-refractivity contribution is 0.0368. The molecule has 2 aliphatic rings. The van der Waals surface area contributed by atoms with E-state index in [2.05, 4.69) is 35.2 Å². The van der Waals surface area contributed by atoms with Gasteiger partial charge in [0.05, 0.1) is 11.1 Å². The number of benzene rings is 2. The second-order valence-electron chi connectivity index (χ2n) is 7.67. The number of halogens is 1. The number of ether oxygens (including phenoxy) is 1. The van der Waals surface area contributed by atoms with E-state index >= 15 is 0 Å². The Morgan fingerprint density at radius 1 is 1.15 bits per heavy atom. The first-order valence-corrected chi connectivity index (χ1v) is 10.00. The maximum Gasteiger partial charge on any atom is 0.139 e. The van der Waals surface area contributed by atoms with Crippen LogP contribution in [0.1, 0.15) is 42.1 Å². The summed E-state index contributed by atoms with van der Waals surface area (Å²) in [4.78, 5) is 2.54. The zero-order chi connectivity index (χ0) is 18.1. The summed E-state index contributed by atoms with van der Waals surface area (Å²) in [5.74, 6) is 0.769. The summed E-state index contributed by atoms with van der Waals surface area (Å²) >= 11 is 6.47. The van der Waals surface area contributed by atoms with Crippen LogP contribution in [-0.2, 0) is 6.42 Å². The molecule has 2 N–H and O–H groups in total. The van der Waals surface area contributed by atoms with Crippen LogP contribution in [0.3, 0.4) is 0 Å². The van der Waals surface area contributed by atoms with Gasteiger partial charge in [0, 0.05) is 12.6 Å². The molecule has 4 heteroatoms. The second kappa shape index (κ2) is 7.59. The molecule has 3 atom stereocenters. The van der Waals surface area contributed by atoms with Crippen molar-refractivity contribution in [3.63, 3.8) is 0 Å². The predicted octanol–water partition coefficient (Wildman–Crippen LogP) is 4.51. The van der Waals surface area contributed by atoms with Gasteiger partial charge in [-0.2, -0.15) is 0 Å². The molecular weight excluding hydrogens is 344 g/mol. The van der Waals surface area contributed by atoms with E-state index in [1.165, 1.54) is 11.1 Å². The Labute approximate surface area is 161 Å². The number of aryl methyl sites for hydroxylation is 2. The summed E-state index contributed by atoms with van der Waals surface area (Å²) in [5, 5.41) is 0.683. The Hall–Kier alpha value is -1.55. The van der Waals surface area contributed by atoms with Gasteiger partial charge < -0.3 is 10.5 Å². The van der Waals surface area contributed by atoms with Crippen LogP contribution in [0.2, 0.25) is 5.02 Å². The molecule has 4 rings (SSSR count). The van der Waals surface area contributed by atoms with E-state index in [9.17, 15) is 0 Å². The van der Waals surface area contributed by atoms with Crippen LogP contribution in [0.15, 0.2) is 42.5 Å². The molecule has 26 heavy (non-hydrogen) atoms. The van der Waals surface area contributed by atoms with Gasteiger partial charge in [-0.1, -0.05) is 41.9 Å². The molecule has 0 aromatic heterocycles. The standard InChI is InChI=1S/C22H27ClN2O/c1-15-8-11-21(19(23)13-15)26-22-18-7-3-2-5-16(18)9-10-20(22)25-12-4-6-17(24)14-25/h2-3,5,7-8,11,13,17,20,22H,4,6,9-10,12,14,24H2,1H3/t17-,20+,22+/m1/s1. The first-order valence-electron chi connectivity index (χ1n) is 9.62. The molecule has 0 radical (unpaired) electrons. The fraction of sp³-hybridized carbons (Fsp3) is 0.455. The van der Waals surface area contributed by atoms with Crippen LogP contribution >= 0.6 is 11.6 Å². The third-order valence-electron chi connectivity index (χ3n) is 5.72. The Balaban J connectivity index is 1.67. The van der Waals surface area contributed by atoms with Gasteiger partial charge in [-0.15, -0.1) is 0 Å². The zero-order valence-corrected chi connectivity index (χ0v) is 16.1. The zero-order valence-electron chi connectivity index (χ0n) is 15.3. The van der Waals surface area contributed by atoms with Gasteiger partial charge >= 0.3 is 0 Å². The minimum absolute atomic E-state index is 0.00884. The van der Waals surface area contributed by atoms with Crippen molar-refractivity contribution in [3.05, 3.63) is 64.2 Å². The molecule has 1 heterocycles. The monoisotopic (exact) mass is 370 g/mol. The summed E-state index contributed by atoms with van der Waals surface area (Å²) in [6, 6.07) is 15.3. The highest BCUT2D eigenvalue weighted by Crippen LogP contribution is 2.39. The van der Waals surface area contributed by atoms with Gasteiger partial charge in [0.2, 0.25) is 0 Å². The summed E-state index contributed by atoms with van der Waals surface area (Å²) < 4.78 is 6.55. The van der Waals surface area contributed by atoms with E-state index in [1.807, 2.05) is 19.1 Å². The lowest BCUT2D eigenvalue weighted by Crippen LogP contribution is -2.51. The fourth-order valence-corrected chi connectivity index (χ4v) is 4.68. The number of likely N-dealkylation sites (tertiary alicyclic amines) is 1. The second-order valence-corrected chi connectivity index (χ2v) is 8.08. The van der Waals surface area contributed by atoms with Crippen LogP contribution in [0.25, 0.3) is 0 Å². The van der Waals surface area contributed by atoms with Gasteiger partial charge in [0.25, 0.3) is 0 Å². The normalized spacial score (nSPS) is 26.3. The molecule has 0 saturated carbocycles. The average Bonchev–Trinajstić information content (AvgIpc) is 2.64. The SMILES string of the molecule is Cc1ccc(O[C@H]2c3ccccc3CC[C@@H]2N2CCC[C@@H](N)C2)c(Cl)c1. The van der Waals surface area contributed by atoms with Gasteiger partial charge in [-0.05, 0) is 68.0 Å². The van der Waals surface area contributed by atoms with Crippen molar-refractivity contribution >= 4 is 11.6 Å². The van der Waals surface area contributed by atoms with Crippen molar-refractivity contribution < 1.29 is 4.74 Å². The number of fused-ring (bicyclic) bond motifs is 1. The number of nitrogens with zero attached hydrogens (tertiary/aromatic N) is 1. The van der Waals surface area contributed by atoms with Gasteiger partial charge in [-0.25, -0.2) is 0 Å². The Bertz CT molecular complexity index is 778. The maximum absolute atomic E-state index is 6.55. The smallest absolute Gasteiger partial charge is 0.139 e. The fourth-order valence-electron chi connectivity index (χ4n) is 4.40. The molecule has 1 fully saturated rings. The summed E-state index contributed by atoms with van der Waals surface area (Å²) in [6.07, 6.45) is 4.46. The van der Waals surface area contributed by atoms with Crippen molar-refractivity contribution in [2.24, 2.45) is 5.73 Å². The lowest BCUT2D eigenvalue weighted by atomic mass is 9.84. The number of hydrogen-bond acceptors (Lipinski definition) is 3. The van der Waals surface area contributed by atoms with Crippen LogP contribution in [0.5, 0.6) is 5.75 Å². The number of nitrogens with two attached hydrogens (primary N) is 1. The summed E-state index contributed by atoms with van der Waals surface area (Å²) in [5.41, 5.74) is 10.1. The number of rotatable bonds is 3. The van der Waals surface area contributed by atoms with E-state index in [0.717, 1.165) is 50.1 Å². The van der Waals surface area contributed by atoms with Crippen molar-refractivity contribution in [2.45, 2.75) is 50.8 Å². The van der Waals surface area contributed by atoms with Crippen LogP contribution in [-0.4, -0.2) is 30.1 Å². The first-order chi connectivity index (χ1) is 12.6. The minimum atomic E-state index is -0.00884. The molecule has 0 unspecified atom stereocenters. The minimum Gasteiger partial charge on any atom is -0.483 e. The average molecular weight is 371 g/mol. The molecule has 2 aromatic carbocycles. The van der Waals surface area contributed by atoms with E-state index < -0.39 is 0 Å². The molecular formula is C22H27ClN2O. The van der Waals surface area contributed by atoms with Crippen molar-refractivity contribution in [1.29, 1.82) is 0 Å². The Morgan fingerprint density at radius 3 is 2.81 bits per heavy atom. The number of piperidine rings is 1. The van der Waals surface area contributed by atoms with Gasteiger partial charge in [-0.3, -0.25) is 4.90 Å². The number of hydrogen-bond donors (Lipinski definition) is 1. The Kier molecular flexibility index (Phi) is 5.21. The topological polar surface area (TPSA) is 38.5 Å². The van der Waals surface area contributed by atoms with Crippen LogP contribution in [0, 0.1) is 6.92 Å². The lowest BCUT2D eigenvalue weighted by Gasteiger charge is -2.43. The molecule has 138 valence electrons. The third-order valence-corrected chi connectivity index (χ3v) is 6.02. The largest absolute Gasteiger partial charge is 0.483 e. The highest BCUT2D eigenvalue weighted by atomic mass is 35.5. The predicted molar refractivity (Wildman–Crippen MR) is 107 cm³/mol. The molecule has 0 spiro atoms. The highest BCUT2D eigenvalue weighted by molar-refractivity contribution is 6.32. The van der Waals surface area contributed by atoms with Gasteiger partial charge in [0.1, 0.15) is 11.9 Å². The molecule has 1 aliphatic carbocycles. The quantitative estimate of drug-likeness (QED) is 0.864. The first kappa shape index (κ1) is 17.8. The molecule has 0 bridgehead atoms. The molecule has 1 saturated heterocycles. The summed E-state index contributed by atoms with van der Waals surface area (Å²) in [6.45, 7) is 4.10. The molecule has 0 amide bonds. The maximum atomic E-state index is 6.55. The van der Waals surface area contributed by atoms with Crippen molar-refractivity contribution in [2.75, 3.05) is 13.1 Å².